The predicted molar refractivity (Wildman–Crippen MR) is 70.9 cm³/mol. The van der Waals surface area contributed by atoms with Crippen molar-refractivity contribution in [3.05, 3.63) is 23.8 Å². The summed E-state index contributed by atoms with van der Waals surface area (Å²) >= 11 is 0. The van der Waals surface area contributed by atoms with Crippen molar-refractivity contribution in [2.24, 2.45) is 11.8 Å². The summed E-state index contributed by atoms with van der Waals surface area (Å²) in [5.41, 5.74) is 0.172. The van der Waals surface area contributed by atoms with Crippen molar-refractivity contribution < 1.29 is 24.5 Å². The van der Waals surface area contributed by atoms with Crippen molar-refractivity contribution in [3.63, 3.8) is 0 Å². The third-order valence-corrected chi connectivity index (χ3v) is 3.73. The molecule has 2 rings (SSSR count). The number of carboxylic acid groups (broad SMARTS) is 1. The molecule has 1 unspecified atom stereocenters. The van der Waals surface area contributed by atoms with E-state index in [4.69, 9.17) is 9.84 Å². The lowest BCUT2D eigenvalue weighted by Crippen LogP contribution is -2.53. The first-order valence-corrected chi connectivity index (χ1v) is 6.33. The molecule has 1 heterocycles. The van der Waals surface area contributed by atoms with Gasteiger partial charge in [-0.1, -0.05) is 6.92 Å². The number of carbonyl (C=O) groups excluding carboxylic acids is 1. The fourth-order valence-electron chi connectivity index (χ4n) is 2.18. The zero-order valence-electron chi connectivity index (χ0n) is 11.4. The van der Waals surface area contributed by atoms with Crippen LogP contribution in [0.2, 0.25) is 0 Å². The Morgan fingerprint density at radius 1 is 1.40 bits per heavy atom. The topological polar surface area (TPSA) is 87.1 Å². The van der Waals surface area contributed by atoms with Crippen LogP contribution in [0.3, 0.4) is 0 Å². The molecule has 1 aromatic carbocycles. The van der Waals surface area contributed by atoms with Gasteiger partial charge < -0.3 is 19.8 Å². The summed E-state index contributed by atoms with van der Waals surface area (Å²) in [6.45, 7) is 2.42. The number of ether oxygens (including phenoxy) is 1. The van der Waals surface area contributed by atoms with E-state index >= 15 is 0 Å². The summed E-state index contributed by atoms with van der Waals surface area (Å²) in [7, 11) is 1.48. The average molecular weight is 279 g/mol. The molecule has 1 aromatic rings. The van der Waals surface area contributed by atoms with Crippen molar-refractivity contribution in [3.8, 4) is 11.5 Å². The number of carboxylic acids is 1. The minimum Gasteiger partial charge on any atom is -0.507 e. The van der Waals surface area contributed by atoms with Gasteiger partial charge in [-0.15, -0.1) is 0 Å². The zero-order valence-corrected chi connectivity index (χ0v) is 11.4. The van der Waals surface area contributed by atoms with Crippen molar-refractivity contribution in [2.75, 3.05) is 20.2 Å². The summed E-state index contributed by atoms with van der Waals surface area (Å²) in [6.07, 6.45) is 0. The van der Waals surface area contributed by atoms with Gasteiger partial charge in [-0.05, 0) is 18.2 Å². The number of methoxy groups -OCH3 is 1. The van der Waals surface area contributed by atoms with Crippen LogP contribution in [0.5, 0.6) is 11.5 Å². The van der Waals surface area contributed by atoms with Gasteiger partial charge in [0.1, 0.15) is 11.5 Å². The van der Waals surface area contributed by atoms with Crippen LogP contribution in [0.4, 0.5) is 0 Å². The van der Waals surface area contributed by atoms with Gasteiger partial charge in [0.15, 0.2) is 0 Å². The molecule has 0 aromatic heterocycles. The number of carbonyl (C=O) groups is 2. The average Bonchev–Trinajstić information content (AvgIpc) is 2.37. The van der Waals surface area contributed by atoms with Crippen molar-refractivity contribution >= 4 is 11.9 Å². The molecule has 6 nitrogen and oxygen atoms in total. The fourth-order valence-corrected chi connectivity index (χ4v) is 2.18. The van der Waals surface area contributed by atoms with Gasteiger partial charge in [0.05, 0.1) is 18.6 Å². The predicted octanol–water partition coefficient (Wildman–Crippen LogP) is 1.19. The first-order valence-electron chi connectivity index (χ1n) is 6.33. The minimum absolute atomic E-state index is 0.0378. The number of amides is 1. The SMILES string of the molecule is COc1ccc(O)c(C(=O)N2CC(C(C)C(=O)O)C2)c1. The molecule has 0 aliphatic carbocycles. The van der Waals surface area contributed by atoms with Crippen molar-refractivity contribution in [2.45, 2.75) is 6.92 Å². The van der Waals surface area contributed by atoms with Crippen LogP contribution in [0, 0.1) is 11.8 Å². The number of rotatable bonds is 4. The fraction of sp³-hybridized carbons (Fsp3) is 0.429. The molecule has 1 atom stereocenters. The molecule has 20 heavy (non-hydrogen) atoms. The summed E-state index contributed by atoms with van der Waals surface area (Å²) < 4.78 is 5.02. The highest BCUT2D eigenvalue weighted by atomic mass is 16.5. The number of hydrogen-bond donors (Lipinski definition) is 2. The van der Waals surface area contributed by atoms with Gasteiger partial charge in [0.25, 0.3) is 5.91 Å². The summed E-state index contributed by atoms with van der Waals surface area (Å²) in [4.78, 5) is 24.6. The number of nitrogens with zero attached hydrogens (tertiary/aromatic N) is 1. The monoisotopic (exact) mass is 279 g/mol. The van der Waals surface area contributed by atoms with E-state index in [0.29, 0.717) is 18.8 Å². The molecule has 0 saturated carbocycles. The van der Waals surface area contributed by atoms with Crippen molar-refractivity contribution in [1.29, 1.82) is 0 Å². The summed E-state index contributed by atoms with van der Waals surface area (Å²) in [5, 5.41) is 18.6. The molecule has 108 valence electrons. The van der Waals surface area contributed by atoms with Crippen LogP contribution in [0.15, 0.2) is 18.2 Å². The quantitative estimate of drug-likeness (QED) is 0.864. The highest BCUT2D eigenvalue weighted by Crippen LogP contribution is 2.29. The van der Waals surface area contributed by atoms with E-state index in [1.54, 1.807) is 13.0 Å². The van der Waals surface area contributed by atoms with Gasteiger partial charge in [0.2, 0.25) is 0 Å². The van der Waals surface area contributed by atoms with Crippen LogP contribution in [0.25, 0.3) is 0 Å². The number of aromatic hydroxyl groups is 1. The van der Waals surface area contributed by atoms with E-state index < -0.39 is 11.9 Å². The Hall–Kier alpha value is -2.24. The standard InChI is InChI=1S/C14H17NO5/c1-8(14(18)19)9-6-15(7-9)13(17)11-5-10(20-2)3-4-12(11)16/h3-5,8-9,16H,6-7H2,1-2H3,(H,18,19). The van der Waals surface area contributed by atoms with Crippen LogP contribution in [0.1, 0.15) is 17.3 Å². The minimum atomic E-state index is -0.855. The van der Waals surface area contributed by atoms with Gasteiger partial charge in [0, 0.05) is 19.0 Å². The molecule has 1 amide bonds. The lowest BCUT2D eigenvalue weighted by Gasteiger charge is -2.41. The van der Waals surface area contributed by atoms with Crippen molar-refractivity contribution in [1.82, 2.24) is 4.90 Å². The number of likely N-dealkylation sites (tertiary alicyclic amines) is 1. The molecular weight excluding hydrogens is 262 g/mol. The van der Waals surface area contributed by atoms with Crippen LogP contribution in [-0.4, -0.2) is 47.2 Å². The van der Waals surface area contributed by atoms with Gasteiger partial charge >= 0.3 is 5.97 Å². The second-order valence-corrected chi connectivity index (χ2v) is 4.98. The molecule has 0 spiro atoms. The molecule has 2 N–H and O–H groups in total. The third-order valence-electron chi connectivity index (χ3n) is 3.73. The normalized spacial score (nSPS) is 16.4. The number of phenolic OH excluding ortho intramolecular Hbond substituents is 1. The van der Waals surface area contributed by atoms with E-state index in [9.17, 15) is 14.7 Å². The van der Waals surface area contributed by atoms with Gasteiger partial charge in [-0.2, -0.15) is 0 Å². The van der Waals surface area contributed by atoms with Gasteiger partial charge in [-0.3, -0.25) is 9.59 Å². The first kappa shape index (κ1) is 14.2. The maximum atomic E-state index is 12.2. The third kappa shape index (κ3) is 2.54. The highest BCUT2D eigenvalue weighted by molar-refractivity contribution is 5.97. The first-order chi connectivity index (χ1) is 9.43. The Morgan fingerprint density at radius 2 is 2.05 bits per heavy atom. The smallest absolute Gasteiger partial charge is 0.306 e. The lowest BCUT2D eigenvalue weighted by molar-refractivity contribution is -0.144. The Labute approximate surface area is 116 Å². The zero-order chi connectivity index (χ0) is 14.9. The molecule has 6 heteroatoms. The molecule has 0 bridgehead atoms. The molecule has 1 aliphatic heterocycles. The van der Waals surface area contributed by atoms with E-state index in [-0.39, 0.29) is 23.1 Å². The Bertz CT molecular complexity index is 536. The maximum Gasteiger partial charge on any atom is 0.306 e. The van der Waals surface area contributed by atoms with Crippen LogP contribution in [-0.2, 0) is 4.79 Å². The molecular formula is C14H17NO5. The summed E-state index contributed by atoms with van der Waals surface area (Å²) in [6, 6.07) is 4.45. The molecule has 1 fully saturated rings. The highest BCUT2D eigenvalue weighted by Gasteiger charge is 2.38. The van der Waals surface area contributed by atoms with E-state index in [0.717, 1.165) is 0 Å². The van der Waals surface area contributed by atoms with E-state index in [1.165, 1.54) is 24.1 Å². The number of hydrogen-bond acceptors (Lipinski definition) is 4. The van der Waals surface area contributed by atoms with Gasteiger partial charge in [-0.25, -0.2) is 0 Å². The van der Waals surface area contributed by atoms with E-state index in [1.807, 2.05) is 0 Å². The number of aliphatic carboxylic acids is 1. The lowest BCUT2D eigenvalue weighted by atomic mass is 9.86. The number of phenols is 1. The van der Waals surface area contributed by atoms with Crippen LogP contribution < -0.4 is 4.74 Å². The largest absolute Gasteiger partial charge is 0.507 e. The molecule has 0 radical (unpaired) electrons. The second-order valence-electron chi connectivity index (χ2n) is 4.98. The Morgan fingerprint density at radius 3 is 2.60 bits per heavy atom. The summed E-state index contributed by atoms with van der Waals surface area (Å²) in [5.74, 6) is -1.30. The Balaban J connectivity index is 2.06. The maximum absolute atomic E-state index is 12.2. The van der Waals surface area contributed by atoms with E-state index in [2.05, 4.69) is 0 Å². The Kier molecular flexibility index (Phi) is 3.83. The molecule has 1 aliphatic rings. The van der Waals surface area contributed by atoms with Crippen LogP contribution >= 0.6 is 0 Å². The second kappa shape index (κ2) is 5.40. The molecule has 1 saturated heterocycles. The number of benzene rings is 1.